The number of amides is 1. The molecule has 0 aliphatic carbocycles. The smallest absolute Gasteiger partial charge is 0.244 e. The van der Waals surface area contributed by atoms with E-state index in [1.54, 1.807) is 12.1 Å². The summed E-state index contributed by atoms with van der Waals surface area (Å²) in [6.45, 7) is 4.11. The topological polar surface area (TPSA) is 29.1 Å². The Hall–Kier alpha value is -2.06. The van der Waals surface area contributed by atoms with Gasteiger partial charge in [0.2, 0.25) is 5.91 Å². The zero-order valence-electron chi connectivity index (χ0n) is 12.8. The van der Waals surface area contributed by atoms with Gasteiger partial charge in [0.15, 0.2) is 0 Å². The van der Waals surface area contributed by atoms with Crippen LogP contribution in [0.5, 0.6) is 0 Å². The summed E-state index contributed by atoms with van der Waals surface area (Å²) in [4.78, 5) is 12.1. The molecule has 114 valence electrons. The SMILES string of the molecule is CC[C@@H](NC(=O)/C=C/c1ccccc1Cl)c1ccc(C)cc1. The van der Waals surface area contributed by atoms with Crippen LogP contribution in [-0.2, 0) is 4.79 Å². The van der Waals surface area contributed by atoms with Crippen LogP contribution in [0.1, 0.15) is 36.1 Å². The van der Waals surface area contributed by atoms with Gasteiger partial charge < -0.3 is 5.32 Å². The van der Waals surface area contributed by atoms with Crippen molar-refractivity contribution in [2.45, 2.75) is 26.3 Å². The fraction of sp³-hybridized carbons (Fsp3) is 0.211. The summed E-state index contributed by atoms with van der Waals surface area (Å²) in [5.74, 6) is -0.118. The Morgan fingerprint density at radius 3 is 2.50 bits per heavy atom. The lowest BCUT2D eigenvalue weighted by Gasteiger charge is -2.16. The van der Waals surface area contributed by atoms with E-state index in [1.165, 1.54) is 11.6 Å². The van der Waals surface area contributed by atoms with E-state index in [0.717, 1.165) is 17.5 Å². The van der Waals surface area contributed by atoms with E-state index >= 15 is 0 Å². The van der Waals surface area contributed by atoms with Crippen molar-refractivity contribution in [2.24, 2.45) is 0 Å². The molecular formula is C19H20ClNO. The van der Waals surface area contributed by atoms with Gasteiger partial charge in [-0.2, -0.15) is 0 Å². The molecule has 0 saturated carbocycles. The first-order valence-electron chi connectivity index (χ1n) is 7.40. The van der Waals surface area contributed by atoms with Crippen molar-refractivity contribution in [1.29, 1.82) is 0 Å². The van der Waals surface area contributed by atoms with Crippen LogP contribution in [0, 0.1) is 6.92 Å². The molecule has 2 aromatic rings. The Morgan fingerprint density at radius 1 is 1.18 bits per heavy atom. The van der Waals surface area contributed by atoms with Crippen LogP contribution in [0.4, 0.5) is 0 Å². The third-order valence-electron chi connectivity index (χ3n) is 3.52. The first-order valence-corrected chi connectivity index (χ1v) is 7.77. The second kappa shape index (κ2) is 7.81. The van der Waals surface area contributed by atoms with Crippen molar-refractivity contribution in [3.63, 3.8) is 0 Å². The van der Waals surface area contributed by atoms with Crippen LogP contribution < -0.4 is 5.32 Å². The van der Waals surface area contributed by atoms with Crippen LogP contribution in [0.15, 0.2) is 54.6 Å². The van der Waals surface area contributed by atoms with Crippen LogP contribution in [0.3, 0.4) is 0 Å². The van der Waals surface area contributed by atoms with Crippen LogP contribution >= 0.6 is 11.6 Å². The number of benzene rings is 2. The summed E-state index contributed by atoms with van der Waals surface area (Å²) in [5.41, 5.74) is 3.17. The zero-order chi connectivity index (χ0) is 15.9. The van der Waals surface area contributed by atoms with E-state index in [1.807, 2.05) is 18.2 Å². The molecule has 3 heteroatoms. The fourth-order valence-corrected chi connectivity index (χ4v) is 2.41. The molecule has 0 aliphatic heterocycles. The van der Waals surface area contributed by atoms with E-state index < -0.39 is 0 Å². The number of nitrogens with one attached hydrogen (secondary N) is 1. The molecule has 2 nitrogen and oxygen atoms in total. The third-order valence-corrected chi connectivity index (χ3v) is 3.87. The summed E-state index contributed by atoms with van der Waals surface area (Å²) in [6, 6.07) is 15.7. The highest BCUT2D eigenvalue weighted by atomic mass is 35.5. The largest absolute Gasteiger partial charge is 0.346 e. The summed E-state index contributed by atoms with van der Waals surface area (Å²) in [5, 5.41) is 3.66. The fourth-order valence-electron chi connectivity index (χ4n) is 2.22. The number of hydrogen-bond donors (Lipinski definition) is 1. The highest BCUT2D eigenvalue weighted by Gasteiger charge is 2.10. The molecule has 1 amide bonds. The third kappa shape index (κ3) is 4.47. The van der Waals surface area contributed by atoms with Crippen molar-refractivity contribution < 1.29 is 4.79 Å². The maximum absolute atomic E-state index is 12.1. The molecule has 2 aromatic carbocycles. The maximum atomic E-state index is 12.1. The first-order chi connectivity index (χ1) is 10.6. The number of carbonyl (C=O) groups excluding carboxylic acids is 1. The molecule has 2 rings (SSSR count). The minimum absolute atomic E-state index is 0.0176. The standard InChI is InChI=1S/C19H20ClNO/c1-3-18(16-10-8-14(2)9-11-16)21-19(22)13-12-15-6-4-5-7-17(15)20/h4-13,18H,3H2,1-2H3,(H,21,22)/b13-12+/t18-/m1/s1. The summed E-state index contributed by atoms with van der Waals surface area (Å²) in [7, 11) is 0. The van der Waals surface area contributed by atoms with E-state index in [2.05, 4.69) is 43.4 Å². The molecule has 0 bridgehead atoms. The normalized spacial score (nSPS) is 12.3. The molecule has 0 spiro atoms. The summed E-state index contributed by atoms with van der Waals surface area (Å²) >= 11 is 6.07. The van der Waals surface area contributed by atoms with Gasteiger partial charge in [-0.1, -0.05) is 66.6 Å². The minimum Gasteiger partial charge on any atom is -0.346 e. The van der Waals surface area contributed by atoms with Crippen molar-refractivity contribution in [2.75, 3.05) is 0 Å². The van der Waals surface area contributed by atoms with Crippen molar-refractivity contribution in [1.82, 2.24) is 5.32 Å². The van der Waals surface area contributed by atoms with E-state index in [9.17, 15) is 4.79 Å². The van der Waals surface area contributed by atoms with Crippen molar-refractivity contribution in [3.05, 3.63) is 76.3 Å². The van der Waals surface area contributed by atoms with Gasteiger partial charge in [-0.25, -0.2) is 0 Å². The van der Waals surface area contributed by atoms with E-state index in [0.29, 0.717) is 5.02 Å². The Morgan fingerprint density at radius 2 is 1.86 bits per heavy atom. The van der Waals surface area contributed by atoms with Gasteiger partial charge in [-0.15, -0.1) is 0 Å². The van der Waals surface area contributed by atoms with Crippen LogP contribution in [0.25, 0.3) is 6.08 Å². The average molecular weight is 314 g/mol. The molecule has 1 N–H and O–H groups in total. The Balaban J connectivity index is 2.03. The van der Waals surface area contributed by atoms with Gasteiger partial charge in [-0.05, 0) is 36.6 Å². The lowest BCUT2D eigenvalue weighted by Crippen LogP contribution is -2.26. The molecule has 0 heterocycles. The number of halogens is 1. The molecule has 22 heavy (non-hydrogen) atoms. The second-order valence-corrected chi connectivity index (χ2v) is 5.64. The first kappa shape index (κ1) is 16.3. The number of rotatable bonds is 5. The Kier molecular flexibility index (Phi) is 5.79. The maximum Gasteiger partial charge on any atom is 0.244 e. The van der Waals surface area contributed by atoms with E-state index in [-0.39, 0.29) is 11.9 Å². The van der Waals surface area contributed by atoms with Crippen molar-refractivity contribution in [3.8, 4) is 0 Å². The quantitative estimate of drug-likeness (QED) is 0.779. The van der Waals surface area contributed by atoms with Gasteiger partial charge in [0, 0.05) is 11.1 Å². The summed E-state index contributed by atoms with van der Waals surface area (Å²) < 4.78 is 0. The molecular weight excluding hydrogens is 294 g/mol. The van der Waals surface area contributed by atoms with E-state index in [4.69, 9.17) is 11.6 Å². The van der Waals surface area contributed by atoms with Gasteiger partial charge in [-0.3, -0.25) is 4.79 Å². The van der Waals surface area contributed by atoms with Crippen LogP contribution in [0.2, 0.25) is 5.02 Å². The Bertz CT molecular complexity index is 661. The minimum atomic E-state index is -0.118. The van der Waals surface area contributed by atoms with Gasteiger partial charge in [0.05, 0.1) is 6.04 Å². The molecule has 1 atom stereocenters. The van der Waals surface area contributed by atoms with Crippen molar-refractivity contribution >= 4 is 23.6 Å². The second-order valence-electron chi connectivity index (χ2n) is 5.23. The van der Waals surface area contributed by atoms with Crippen LogP contribution in [-0.4, -0.2) is 5.91 Å². The predicted molar refractivity (Wildman–Crippen MR) is 92.8 cm³/mol. The zero-order valence-corrected chi connectivity index (χ0v) is 13.6. The molecule has 0 aromatic heterocycles. The molecule has 0 saturated heterocycles. The monoisotopic (exact) mass is 313 g/mol. The predicted octanol–water partition coefficient (Wildman–Crippen LogP) is 4.93. The van der Waals surface area contributed by atoms with Gasteiger partial charge >= 0.3 is 0 Å². The number of carbonyl (C=O) groups is 1. The van der Waals surface area contributed by atoms with Gasteiger partial charge in [0.1, 0.15) is 0 Å². The average Bonchev–Trinajstić information content (AvgIpc) is 2.53. The highest BCUT2D eigenvalue weighted by molar-refractivity contribution is 6.32. The number of hydrogen-bond acceptors (Lipinski definition) is 1. The van der Waals surface area contributed by atoms with Gasteiger partial charge in [0.25, 0.3) is 0 Å². The molecule has 0 unspecified atom stereocenters. The molecule has 0 aliphatic rings. The Labute approximate surface area is 136 Å². The summed E-state index contributed by atoms with van der Waals surface area (Å²) in [6.07, 6.45) is 4.10. The lowest BCUT2D eigenvalue weighted by atomic mass is 10.0. The lowest BCUT2D eigenvalue weighted by molar-refractivity contribution is -0.117. The molecule has 0 fully saturated rings. The highest BCUT2D eigenvalue weighted by Crippen LogP contribution is 2.18. The molecule has 0 radical (unpaired) electrons. The number of aryl methyl sites for hydroxylation is 1.